The smallest absolute Gasteiger partial charge is 0.245 e. The lowest BCUT2D eigenvalue weighted by Gasteiger charge is -2.42. The minimum absolute atomic E-state index is 0.0258. The highest BCUT2D eigenvalue weighted by Crippen LogP contribution is 2.43. The monoisotopic (exact) mass is 382 g/mol. The van der Waals surface area contributed by atoms with Gasteiger partial charge in [0, 0.05) is 6.42 Å². The summed E-state index contributed by atoms with van der Waals surface area (Å²) in [7, 11) is -0.596. The maximum Gasteiger partial charge on any atom is 0.245 e. The molecule has 2 aromatic heterocycles. The van der Waals surface area contributed by atoms with Crippen LogP contribution in [0.15, 0.2) is 12.7 Å². The number of aromatic nitrogens is 4. The average Bonchev–Trinajstić information content (AvgIpc) is 3.15. The zero-order chi connectivity index (χ0) is 19.3. The number of alkyl halides is 1. The highest BCUT2D eigenvalue weighted by molar-refractivity contribution is 6.81. The highest BCUT2D eigenvalue weighted by atomic mass is 28.3. The molecule has 2 aromatic rings. The number of hydrogen-bond donors (Lipinski definition) is 1. The molecule has 26 heavy (non-hydrogen) atoms. The summed E-state index contributed by atoms with van der Waals surface area (Å²) in [6.45, 7) is 10.6. The van der Waals surface area contributed by atoms with E-state index in [4.69, 9.17) is 9.47 Å². The van der Waals surface area contributed by atoms with E-state index >= 15 is 0 Å². The summed E-state index contributed by atoms with van der Waals surface area (Å²) in [6.07, 6.45) is 0.322. The highest BCUT2D eigenvalue weighted by Gasteiger charge is 2.50. The Bertz CT molecular complexity index is 792. The van der Waals surface area contributed by atoms with Gasteiger partial charge in [-0.25, -0.2) is 14.4 Å². The molecule has 3 rings (SSSR count). The molecule has 0 bridgehead atoms. The molecule has 1 saturated heterocycles. The number of imidazole rings is 1. The predicted molar refractivity (Wildman–Crippen MR) is 98.5 cm³/mol. The van der Waals surface area contributed by atoms with Crippen molar-refractivity contribution in [2.24, 2.45) is 0 Å². The van der Waals surface area contributed by atoms with Gasteiger partial charge in [0.25, 0.3) is 0 Å². The molecule has 1 N–H and O–H groups in total. The molecule has 4 atom stereocenters. The number of rotatable bonds is 4. The standard InChI is InChI=1S/C17H27FN4O3Si/c1-17(2,3)26(5,6)16(23)11-7-10(18)15(25-11)22-9-21-12-13(22)19-8-20-14(12)24-4/h8-11,15-16,23H,7H2,1-6H3/t10-,11+,15-,16?/m1/s1. The van der Waals surface area contributed by atoms with E-state index in [1.54, 1.807) is 4.57 Å². The topological polar surface area (TPSA) is 82.3 Å². The zero-order valence-corrected chi connectivity index (χ0v) is 17.1. The third-order valence-corrected chi connectivity index (χ3v) is 11.6. The van der Waals surface area contributed by atoms with Crippen LogP contribution in [0.5, 0.6) is 5.88 Å². The molecule has 0 saturated carbocycles. The molecule has 0 spiro atoms. The normalized spacial score (nSPS) is 25.6. The molecule has 3 heterocycles. The summed E-state index contributed by atoms with van der Waals surface area (Å²) in [5.41, 5.74) is 0.246. The number of nitrogens with zero attached hydrogens (tertiary/aromatic N) is 4. The van der Waals surface area contributed by atoms with Gasteiger partial charge in [-0.05, 0) is 5.04 Å². The fourth-order valence-electron chi connectivity index (χ4n) is 3.18. The second-order valence-corrected chi connectivity index (χ2v) is 14.0. The Morgan fingerprint density at radius 2 is 2.04 bits per heavy atom. The van der Waals surface area contributed by atoms with Gasteiger partial charge < -0.3 is 14.6 Å². The lowest BCUT2D eigenvalue weighted by Crippen LogP contribution is -2.54. The van der Waals surface area contributed by atoms with E-state index in [2.05, 4.69) is 48.8 Å². The first kappa shape index (κ1) is 19.2. The molecular weight excluding hydrogens is 355 g/mol. The van der Waals surface area contributed by atoms with Crippen LogP contribution in [-0.2, 0) is 4.74 Å². The second kappa shape index (κ2) is 6.54. The van der Waals surface area contributed by atoms with Gasteiger partial charge >= 0.3 is 0 Å². The Balaban J connectivity index is 1.88. The van der Waals surface area contributed by atoms with Crippen molar-refractivity contribution >= 4 is 19.2 Å². The lowest BCUT2D eigenvalue weighted by molar-refractivity contribution is -0.0486. The molecule has 0 radical (unpaired) electrons. The summed E-state index contributed by atoms with van der Waals surface area (Å²) in [5.74, 6) is 0.333. The fourth-order valence-corrected chi connectivity index (χ4v) is 5.21. The summed E-state index contributed by atoms with van der Waals surface area (Å²) in [6, 6.07) is 0. The van der Waals surface area contributed by atoms with Crippen LogP contribution in [0.1, 0.15) is 33.4 Å². The quantitative estimate of drug-likeness (QED) is 0.819. The number of ether oxygens (including phenoxy) is 2. The Hall–Kier alpha value is -1.58. The zero-order valence-electron chi connectivity index (χ0n) is 16.1. The molecule has 0 aliphatic carbocycles. The average molecular weight is 383 g/mol. The van der Waals surface area contributed by atoms with Gasteiger partial charge in [-0.15, -0.1) is 0 Å². The van der Waals surface area contributed by atoms with Crippen LogP contribution in [-0.4, -0.2) is 57.8 Å². The van der Waals surface area contributed by atoms with Crippen LogP contribution in [0, 0.1) is 0 Å². The Kier molecular flexibility index (Phi) is 4.83. The molecule has 1 fully saturated rings. The molecule has 0 aromatic carbocycles. The third-order valence-electron chi connectivity index (χ3n) is 5.90. The van der Waals surface area contributed by atoms with Gasteiger partial charge in [0.05, 0.1) is 33.3 Å². The predicted octanol–water partition coefficient (Wildman–Crippen LogP) is 2.87. The number of aliphatic hydroxyl groups excluding tert-OH is 1. The van der Waals surface area contributed by atoms with Gasteiger partial charge in [0.1, 0.15) is 12.5 Å². The number of methoxy groups -OCH3 is 1. The molecule has 1 unspecified atom stereocenters. The van der Waals surface area contributed by atoms with E-state index in [9.17, 15) is 9.50 Å². The number of fused-ring (bicyclic) bond motifs is 1. The first-order valence-corrected chi connectivity index (χ1v) is 11.8. The van der Waals surface area contributed by atoms with Crippen molar-refractivity contribution in [2.45, 2.75) is 69.6 Å². The summed E-state index contributed by atoms with van der Waals surface area (Å²) < 4.78 is 27.5. The van der Waals surface area contributed by atoms with E-state index in [0.717, 1.165) is 0 Å². The van der Waals surface area contributed by atoms with Gasteiger partial charge in [-0.2, -0.15) is 4.98 Å². The second-order valence-electron chi connectivity index (χ2n) is 8.44. The molecule has 9 heteroatoms. The van der Waals surface area contributed by atoms with Gasteiger partial charge in [-0.1, -0.05) is 33.9 Å². The Morgan fingerprint density at radius 1 is 1.35 bits per heavy atom. The van der Waals surface area contributed by atoms with Gasteiger partial charge in [0.15, 0.2) is 17.4 Å². The maximum absolute atomic E-state index is 14.8. The first-order valence-electron chi connectivity index (χ1n) is 8.77. The lowest BCUT2D eigenvalue weighted by atomic mass is 10.2. The van der Waals surface area contributed by atoms with Crippen molar-refractivity contribution < 1.29 is 19.0 Å². The van der Waals surface area contributed by atoms with Crippen molar-refractivity contribution in [3.05, 3.63) is 12.7 Å². The SMILES string of the molecule is COc1ncnc2c1ncn2[C@@H]1O[C@H](C(O)[Si](C)(C)C(C)(C)C)C[C@H]1F. The van der Waals surface area contributed by atoms with Crippen LogP contribution in [0.2, 0.25) is 18.1 Å². The van der Waals surface area contributed by atoms with Crippen LogP contribution in [0.25, 0.3) is 11.2 Å². The van der Waals surface area contributed by atoms with E-state index in [1.807, 2.05) is 0 Å². The Labute approximate surface area is 153 Å². The minimum Gasteiger partial charge on any atom is -0.479 e. The summed E-state index contributed by atoms with van der Waals surface area (Å²) in [4.78, 5) is 12.4. The van der Waals surface area contributed by atoms with Crippen molar-refractivity contribution in [1.82, 2.24) is 19.5 Å². The van der Waals surface area contributed by atoms with Gasteiger partial charge in [0.2, 0.25) is 5.88 Å². The van der Waals surface area contributed by atoms with Crippen LogP contribution < -0.4 is 4.74 Å². The van der Waals surface area contributed by atoms with E-state index in [0.29, 0.717) is 17.0 Å². The fraction of sp³-hybridized carbons (Fsp3) is 0.706. The van der Waals surface area contributed by atoms with Crippen LogP contribution in [0.4, 0.5) is 4.39 Å². The Morgan fingerprint density at radius 3 is 2.65 bits per heavy atom. The summed E-state index contributed by atoms with van der Waals surface area (Å²) in [5, 5.41) is 10.9. The molecular formula is C17H27FN4O3Si. The van der Waals surface area contributed by atoms with E-state index < -0.39 is 32.3 Å². The number of hydrogen-bond acceptors (Lipinski definition) is 6. The van der Waals surface area contributed by atoms with E-state index in [-0.39, 0.29) is 11.5 Å². The van der Waals surface area contributed by atoms with Crippen LogP contribution >= 0.6 is 0 Å². The van der Waals surface area contributed by atoms with Gasteiger partial charge in [-0.3, -0.25) is 4.57 Å². The molecule has 1 aliphatic heterocycles. The van der Waals surface area contributed by atoms with Crippen molar-refractivity contribution in [1.29, 1.82) is 0 Å². The van der Waals surface area contributed by atoms with Crippen molar-refractivity contribution in [3.63, 3.8) is 0 Å². The molecule has 1 aliphatic rings. The van der Waals surface area contributed by atoms with Crippen LogP contribution in [0.3, 0.4) is 0 Å². The minimum atomic E-state index is -2.09. The molecule has 0 amide bonds. The number of halogens is 1. The third kappa shape index (κ3) is 3.01. The van der Waals surface area contributed by atoms with Crippen molar-refractivity contribution in [2.75, 3.05) is 7.11 Å². The molecule has 7 nitrogen and oxygen atoms in total. The maximum atomic E-state index is 14.8. The van der Waals surface area contributed by atoms with E-state index in [1.165, 1.54) is 19.8 Å². The largest absolute Gasteiger partial charge is 0.479 e. The van der Waals surface area contributed by atoms with Crippen molar-refractivity contribution in [3.8, 4) is 5.88 Å². The summed E-state index contributed by atoms with van der Waals surface area (Å²) >= 11 is 0. The number of aliphatic hydroxyl groups is 1. The molecule has 144 valence electrons. The first-order chi connectivity index (χ1) is 12.1.